The minimum Gasteiger partial charge on any atom is -0.368 e. The highest BCUT2D eigenvalue weighted by atomic mass is 19.2. The van der Waals surface area contributed by atoms with E-state index in [1.165, 1.54) is 0 Å². The molecule has 0 radical (unpaired) electrons. The van der Waals surface area contributed by atoms with Gasteiger partial charge in [-0.3, -0.25) is 0 Å². The van der Waals surface area contributed by atoms with Crippen LogP contribution in [0.2, 0.25) is 0 Å². The van der Waals surface area contributed by atoms with Gasteiger partial charge in [0.25, 0.3) is 0 Å². The third kappa shape index (κ3) is 6.85. The average Bonchev–Trinajstić information content (AvgIpc) is 3.91. The summed E-state index contributed by atoms with van der Waals surface area (Å²) in [7, 11) is 0. The number of ether oxygens (including phenoxy) is 1. The van der Waals surface area contributed by atoms with Gasteiger partial charge in [-0.25, -0.2) is 26.3 Å². The van der Waals surface area contributed by atoms with Crippen molar-refractivity contribution in [3.63, 3.8) is 0 Å². The molecule has 3 aromatic carbocycles. The molecule has 1 aliphatic heterocycles. The van der Waals surface area contributed by atoms with Crippen LogP contribution in [0, 0.1) is 40.8 Å². The Kier molecular flexibility index (Phi) is 10.1. The quantitative estimate of drug-likeness (QED) is 0.122. The molecule has 2 unspecified atom stereocenters. The van der Waals surface area contributed by atoms with Gasteiger partial charge in [-0.15, -0.1) is 0 Å². The Morgan fingerprint density at radius 2 is 1.28 bits per heavy atom. The molecule has 2 fully saturated rings. The van der Waals surface area contributed by atoms with Crippen molar-refractivity contribution in [3.05, 3.63) is 123 Å². The van der Waals surface area contributed by atoms with Crippen molar-refractivity contribution in [1.82, 2.24) is 0 Å². The normalized spacial score (nSPS) is 23.2. The van der Waals surface area contributed by atoms with E-state index in [-0.39, 0.29) is 29.1 Å². The average molecular weight is 639 g/mol. The number of allylic oxidation sites excluding steroid dienone is 4. The van der Waals surface area contributed by atoms with Crippen molar-refractivity contribution in [2.45, 2.75) is 95.5 Å². The number of hydrogen-bond donors (Lipinski definition) is 0. The summed E-state index contributed by atoms with van der Waals surface area (Å²) in [6.07, 6.45) is 12.0. The molecule has 0 N–H and O–H groups in total. The first-order valence-electron chi connectivity index (χ1n) is 16.6. The summed E-state index contributed by atoms with van der Waals surface area (Å²) in [5, 5.41) is 0. The van der Waals surface area contributed by atoms with Gasteiger partial charge in [-0.05, 0) is 123 Å². The van der Waals surface area contributed by atoms with E-state index in [1.807, 2.05) is 19.1 Å². The van der Waals surface area contributed by atoms with Crippen molar-refractivity contribution in [2.75, 3.05) is 6.61 Å². The summed E-state index contributed by atoms with van der Waals surface area (Å²) in [5.74, 6) is -4.88. The lowest BCUT2D eigenvalue weighted by Gasteiger charge is -2.29. The molecule has 3 aliphatic rings. The Balaban J connectivity index is 1.03. The Morgan fingerprint density at radius 3 is 1.89 bits per heavy atom. The lowest BCUT2D eigenvalue weighted by atomic mass is 9.76. The van der Waals surface area contributed by atoms with Crippen molar-refractivity contribution < 1.29 is 31.1 Å². The van der Waals surface area contributed by atoms with Crippen LogP contribution in [0.5, 0.6) is 0 Å². The van der Waals surface area contributed by atoms with Crippen molar-refractivity contribution in [1.29, 1.82) is 0 Å². The minimum absolute atomic E-state index is 0.0407. The molecule has 0 aromatic heterocycles. The van der Waals surface area contributed by atoms with E-state index in [9.17, 15) is 17.6 Å². The summed E-state index contributed by atoms with van der Waals surface area (Å²) < 4.78 is 94.6. The molecule has 244 valence electrons. The van der Waals surface area contributed by atoms with E-state index in [2.05, 4.69) is 0 Å². The van der Waals surface area contributed by atoms with Crippen LogP contribution < -0.4 is 0 Å². The Bertz CT molecular complexity index is 1630. The highest BCUT2D eigenvalue weighted by molar-refractivity contribution is 5.67. The van der Waals surface area contributed by atoms with Crippen LogP contribution in [0.1, 0.15) is 116 Å². The van der Waals surface area contributed by atoms with Gasteiger partial charge >= 0.3 is 0 Å². The number of rotatable bonds is 10. The van der Waals surface area contributed by atoms with Crippen LogP contribution in [0.25, 0.3) is 5.57 Å². The largest absolute Gasteiger partial charge is 0.368 e. The number of halogens is 6. The summed E-state index contributed by atoms with van der Waals surface area (Å²) in [6, 6.07) is 9.91. The smallest absolute Gasteiger partial charge is 0.166 e. The first kappa shape index (κ1) is 32.6. The van der Waals surface area contributed by atoms with Crippen LogP contribution >= 0.6 is 0 Å². The third-order valence-corrected chi connectivity index (χ3v) is 10.3. The third-order valence-electron chi connectivity index (χ3n) is 10.3. The molecule has 6 rings (SSSR count). The van der Waals surface area contributed by atoms with Crippen LogP contribution in [-0.2, 0) is 17.6 Å². The van der Waals surface area contributed by atoms with E-state index >= 15 is 8.78 Å². The standard InChI is InChI=1S/C39H40F6O/c1-2-3-4-5-27-16-18-29(36(42)34(27)40)24-9-6-23(7-10-24)8-11-28-17-19-30(37(43)35(28)41)25-12-14-26(15-13-25)31-20-21-32(33-22-46-33)39(45)38(31)44/h2-3,14,16-21,23-25,33H,4-13,15,22H2,1H3/b3-2+. The molecule has 2 atom stereocenters. The molecule has 1 heterocycles. The molecule has 0 bridgehead atoms. The lowest BCUT2D eigenvalue weighted by Crippen LogP contribution is -2.16. The zero-order valence-corrected chi connectivity index (χ0v) is 26.2. The maximum atomic E-state index is 15.3. The molecule has 1 nitrogen and oxygen atoms in total. The molecule has 3 aromatic rings. The fourth-order valence-electron chi connectivity index (χ4n) is 7.40. The molecule has 1 saturated carbocycles. The Morgan fingerprint density at radius 1 is 0.674 bits per heavy atom. The zero-order valence-electron chi connectivity index (χ0n) is 26.2. The van der Waals surface area contributed by atoms with Crippen LogP contribution in [0.15, 0.2) is 54.6 Å². The molecule has 2 aliphatic carbocycles. The van der Waals surface area contributed by atoms with Crippen LogP contribution in [-0.4, -0.2) is 6.61 Å². The van der Waals surface area contributed by atoms with E-state index < -0.39 is 34.9 Å². The lowest BCUT2D eigenvalue weighted by molar-refractivity contribution is 0.303. The molecule has 46 heavy (non-hydrogen) atoms. The SMILES string of the molecule is C/C=C/CCc1ccc(C2CCC(CCc3ccc(C4CC=C(c5ccc(C6CO6)c(F)c5F)CC4)c(F)c3F)CC2)c(F)c1F. The van der Waals surface area contributed by atoms with E-state index in [0.717, 1.165) is 25.7 Å². The second-order valence-corrected chi connectivity index (χ2v) is 13.1. The monoisotopic (exact) mass is 638 g/mol. The van der Waals surface area contributed by atoms with Gasteiger partial charge in [0.2, 0.25) is 0 Å². The minimum atomic E-state index is -0.890. The molecular weight excluding hydrogens is 598 g/mol. The summed E-state index contributed by atoms with van der Waals surface area (Å²) in [6.45, 7) is 2.29. The van der Waals surface area contributed by atoms with Crippen molar-refractivity contribution in [3.8, 4) is 0 Å². The van der Waals surface area contributed by atoms with Crippen LogP contribution in [0.3, 0.4) is 0 Å². The van der Waals surface area contributed by atoms with Gasteiger partial charge in [-0.2, -0.15) is 0 Å². The van der Waals surface area contributed by atoms with Gasteiger partial charge in [0, 0.05) is 11.1 Å². The summed E-state index contributed by atoms with van der Waals surface area (Å²) >= 11 is 0. The number of aryl methyl sites for hydroxylation is 2. The first-order chi connectivity index (χ1) is 22.3. The Hall–Kier alpha value is -3.32. The van der Waals surface area contributed by atoms with Gasteiger partial charge in [-0.1, -0.05) is 54.6 Å². The number of benzene rings is 3. The maximum absolute atomic E-state index is 15.3. The first-order valence-corrected chi connectivity index (χ1v) is 16.6. The van der Waals surface area contributed by atoms with E-state index in [0.29, 0.717) is 85.3 Å². The number of epoxide rings is 1. The predicted molar refractivity (Wildman–Crippen MR) is 168 cm³/mol. The number of hydrogen-bond acceptors (Lipinski definition) is 1. The van der Waals surface area contributed by atoms with E-state index in [4.69, 9.17) is 4.74 Å². The van der Waals surface area contributed by atoms with Gasteiger partial charge in [0.1, 0.15) is 6.10 Å². The molecule has 0 amide bonds. The van der Waals surface area contributed by atoms with Gasteiger partial charge in [0.15, 0.2) is 34.9 Å². The summed E-state index contributed by atoms with van der Waals surface area (Å²) in [4.78, 5) is 0. The molecule has 0 spiro atoms. The fraction of sp³-hybridized carbons (Fsp3) is 0.436. The van der Waals surface area contributed by atoms with Gasteiger partial charge in [0.05, 0.1) is 6.61 Å². The highest BCUT2D eigenvalue weighted by Gasteiger charge is 2.32. The molecular formula is C39H40F6O. The molecule has 7 heteroatoms. The van der Waals surface area contributed by atoms with Gasteiger partial charge < -0.3 is 4.74 Å². The topological polar surface area (TPSA) is 12.5 Å². The van der Waals surface area contributed by atoms with Crippen LogP contribution in [0.4, 0.5) is 26.3 Å². The Labute approximate surface area is 267 Å². The second kappa shape index (κ2) is 14.2. The summed E-state index contributed by atoms with van der Waals surface area (Å²) in [5.41, 5.74) is 2.61. The van der Waals surface area contributed by atoms with Crippen molar-refractivity contribution in [2.24, 2.45) is 5.92 Å². The predicted octanol–water partition coefficient (Wildman–Crippen LogP) is 11.4. The van der Waals surface area contributed by atoms with Crippen molar-refractivity contribution >= 4 is 5.57 Å². The molecule has 1 saturated heterocycles. The van der Waals surface area contributed by atoms with E-state index in [1.54, 1.807) is 42.5 Å². The fourth-order valence-corrected chi connectivity index (χ4v) is 7.40. The zero-order chi connectivity index (χ0) is 32.4. The second-order valence-electron chi connectivity index (χ2n) is 13.1. The highest BCUT2D eigenvalue weighted by Crippen LogP contribution is 2.42. The maximum Gasteiger partial charge on any atom is 0.166 e.